The van der Waals surface area contributed by atoms with Gasteiger partial charge in [-0.05, 0) is 42.9 Å². The Bertz CT molecular complexity index is 541. The Morgan fingerprint density at radius 3 is 2.92 bits per heavy atom. The maximum Gasteiger partial charge on any atom is 0.237 e. The van der Waals surface area contributed by atoms with E-state index in [0.29, 0.717) is 31.7 Å². The van der Waals surface area contributed by atoms with E-state index in [9.17, 15) is 4.79 Å². The first-order valence-corrected chi connectivity index (χ1v) is 9.00. The molecule has 2 aliphatic rings. The maximum atomic E-state index is 12.4. The van der Waals surface area contributed by atoms with Crippen molar-refractivity contribution in [3.8, 4) is 5.75 Å². The third-order valence-electron chi connectivity index (χ3n) is 5.10. The lowest BCUT2D eigenvalue weighted by Crippen LogP contribution is -2.42. The molecule has 6 heteroatoms. The molecule has 0 spiro atoms. The number of fused-ring (bicyclic) bond motifs is 1. The molecule has 1 amide bonds. The molecule has 1 aromatic rings. The topological polar surface area (TPSA) is 59.6 Å². The van der Waals surface area contributed by atoms with E-state index in [1.807, 2.05) is 24.3 Å². The second-order valence-electron chi connectivity index (χ2n) is 6.81. The van der Waals surface area contributed by atoms with Gasteiger partial charge in [0.15, 0.2) is 0 Å². The molecular formula is C19H29ClN2O3. The zero-order valence-corrected chi connectivity index (χ0v) is 15.6. The van der Waals surface area contributed by atoms with Crippen LogP contribution < -0.4 is 15.4 Å². The van der Waals surface area contributed by atoms with Gasteiger partial charge in [0.1, 0.15) is 12.4 Å². The average molecular weight is 369 g/mol. The van der Waals surface area contributed by atoms with Crippen LogP contribution in [-0.2, 0) is 16.1 Å². The zero-order valence-electron chi connectivity index (χ0n) is 14.8. The lowest BCUT2D eigenvalue weighted by atomic mass is 9.85. The Balaban J connectivity index is 0.00000225. The van der Waals surface area contributed by atoms with Crippen LogP contribution in [-0.4, -0.2) is 38.3 Å². The minimum Gasteiger partial charge on any atom is -0.491 e. The first kappa shape index (κ1) is 20.0. The number of carbonyl (C=O) groups is 1. The lowest BCUT2D eigenvalue weighted by molar-refractivity contribution is -0.123. The van der Waals surface area contributed by atoms with Gasteiger partial charge >= 0.3 is 0 Å². The highest BCUT2D eigenvalue weighted by molar-refractivity contribution is 5.85. The van der Waals surface area contributed by atoms with Gasteiger partial charge in [-0.1, -0.05) is 25.0 Å². The van der Waals surface area contributed by atoms with Crippen molar-refractivity contribution in [3.05, 3.63) is 29.8 Å². The van der Waals surface area contributed by atoms with Gasteiger partial charge in [-0.2, -0.15) is 0 Å². The summed E-state index contributed by atoms with van der Waals surface area (Å²) < 4.78 is 10.6. The van der Waals surface area contributed by atoms with Gasteiger partial charge < -0.3 is 20.1 Å². The quantitative estimate of drug-likeness (QED) is 0.726. The van der Waals surface area contributed by atoms with E-state index < -0.39 is 0 Å². The SMILES string of the molecule is COCCOc1cccc(CNC(=O)C2CC3CCCCC3N2)c1.Cl. The molecule has 1 aliphatic heterocycles. The van der Waals surface area contributed by atoms with Crippen molar-refractivity contribution in [2.24, 2.45) is 5.92 Å². The predicted molar refractivity (Wildman–Crippen MR) is 100 cm³/mol. The molecule has 25 heavy (non-hydrogen) atoms. The molecule has 0 aromatic heterocycles. The van der Waals surface area contributed by atoms with E-state index in [2.05, 4.69) is 10.6 Å². The van der Waals surface area contributed by atoms with Crippen LogP contribution in [0.25, 0.3) is 0 Å². The summed E-state index contributed by atoms with van der Waals surface area (Å²) in [5, 5.41) is 6.59. The maximum absolute atomic E-state index is 12.4. The fourth-order valence-electron chi connectivity index (χ4n) is 3.82. The van der Waals surface area contributed by atoms with Gasteiger partial charge in [-0.25, -0.2) is 0 Å². The highest BCUT2D eigenvalue weighted by Crippen LogP contribution is 2.33. The van der Waals surface area contributed by atoms with E-state index in [1.54, 1.807) is 7.11 Å². The van der Waals surface area contributed by atoms with E-state index in [0.717, 1.165) is 17.7 Å². The molecule has 0 bridgehead atoms. The molecule has 0 radical (unpaired) electrons. The van der Waals surface area contributed by atoms with E-state index in [1.165, 1.54) is 25.7 Å². The molecular weight excluding hydrogens is 340 g/mol. The van der Waals surface area contributed by atoms with E-state index in [-0.39, 0.29) is 24.4 Å². The molecule has 3 atom stereocenters. The van der Waals surface area contributed by atoms with Crippen LogP contribution in [0.15, 0.2) is 24.3 Å². The van der Waals surface area contributed by atoms with Gasteiger partial charge in [0, 0.05) is 19.7 Å². The highest BCUT2D eigenvalue weighted by atomic mass is 35.5. The summed E-state index contributed by atoms with van der Waals surface area (Å²) >= 11 is 0. The standard InChI is InChI=1S/C19H28N2O3.ClH/c1-23-9-10-24-16-7-4-5-14(11-16)13-20-19(22)18-12-15-6-2-3-8-17(15)21-18;/h4-5,7,11,15,17-18,21H,2-3,6,8-10,12-13H2,1H3,(H,20,22);1H. The Morgan fingerprint density at radius 1 is 1.28 bits per heavy atom. The Labute approximate surface area is 156 Å². The Morgan fingerprint density at radius 2 is 2.12 bits per heavy atom. The van der Waals surface area contributed by atoms with Crippen molar-refractivity contribution in [1.29, 1.82) is 0 Å². The van der Waals surface area contributed by atoms with Gasteiger partial charge in [0.2, 0.25) is 5.91 Å². The van der Waals surface area contributed by atoms with E-state index >= 15 is 0 Å². The molecule has 2 N–H and O–H groups in total. The lowest BCUT2D eigenvalue weighted by Gasteiger charge is -2.24. The first-order chi connectivity index (χ1) is 11.8. The molecule has 2 fully saturated rings. The predicted octanol–water partition coefficient (Wildman–Crippen LogP) is 2.67. The zero-order chi connectivity index (χ0) is 16.8. The van der Waals surface area contributed by atoms with E-state index in [4.69, 9.17) is 9.47 Å². The molecule has 1 saturated heterocycles. The van der Waals surface area contributed by atoms with Crippen LogP contribution in [0.2, 0.25) is 0 Å². The van der Waals surface area contributed by atoms with Crippen molar-refractivity contribution in [2.45, 2.75) is 50.7 Å². The first-order valence-electron chi connectivity index (χ1n) is 9.00. The summed E-state index contributed by atoms with van der Waals surface area (Å²) in [6, 6.07) is 8.37. The number of rotatable bonds is 7. The van der Waals surface area contributed by atoms with Gasteiger partial charge in [0.05, 0.1) is 12.6 Å². The van der Waals surface area contributed by atoms with Crippen molar-refractivity contribution < 1.29 is 14.3 Å². The minimum atomic E-state index is -0.0285. The molecule has 5 nitrogen and oxygen atoms in total. The smallest absolute Gasteiger partial charge is 0.237 e. The number of ether oxygens (including phenoxy) is 2. The number of hydrogen-bond donors (Lipinski definition) is 2. The molecule has 1 aromatic carbocycles. The number of carbonyl (C=O) groups excluding carboxylic acids is 1. The molecule has 1 aliphatic carbocycles. The monoisotopic (exact) mass is 368 g/mol. The summed E-state index contributed by atoms with van der Waals surface area (Å²) in [5.74, 6) is 1.62. The van der Waals surface area contributed by atoms with Crippen LogP contribution >= 0.6 is 12.4 Å². The summed E-state index contributed by atoms with van der Waals surface area (Å²) in [6.07, 6.45) is 6.07. The Hall–Kier alpha value is -1.30. The minimum absolute atomic E-state index is 0. The van der Waals surface area contributed by atoms with Gasteiger partial charge in [-0.3, -0.25) is 4.79 Å². The fraction of sp³-hybridized carbons (Fsp3) is 0.632. The molecule has 1 saturated carbocycles. The van der Waals surface area contributed by atoms with Crippen molar-refractivity contribution in [2.75, 3.05) is 20.3 Å². The largest absolute Gasteiger partial charge is 0.491 e. The van der Waals surface area contributed by atoms with Crippen LogP contribution in [0.4, 0.5) is 0 Å². The normalized spacial score (nSPS) is 24.9. The second-order valence-corrected chi connectivity index (χ2v) is 6.81. The summed E-state index contributed by atoms with van der Waals surface area (Å²) in [5.41, 5.74) is 1.05. The van der Waals surface area contributed by atoms with Crippen molar-refractivity contribution in [3.63, 3.8) is 0 Å². The molecule has 140 valence electrons. The Kier molecular flexibility index (Phi) is 8.00. The number of methoxy groups -OCH3 is 1. The summed E-state index contributed by atoms with van der Waals surface area (Å²) in [7, 11) is 1.66. The average Bonchev–Trinajstić information content (AvgIpc) is 3.04. The van der Waals surface area contributed by atoms with Crippen LogP contribution in [0.3, 0.4) is 0 Å². The highest BCUT2D eigenvalue weighted by Gasteiger charge is 2.37. The number of nitrogens with one attached hydrogen (secondary N) is 2. The molecule has 3 rings (SSSR count). The number of halogens is 1. The fourth-order valence-corrected chi connectivity index (χ4v) is 3.82. The van der Waals surface area contributed by atoms with Crippen molar-refractivity contribution >= 4 is 18.3 Å². The van der Waals surface area contributed by atoms with Crippen LogP contribution in [0, 0.1) is 5.92 Å². The van der Waals surface area contributed by atoms with Crippen LogP contribution in [0.5, 0.6) is 5.75 Å². The third kappa shape index (κ3) is 5.59. The number of benzene rings is 1. The summed E-state index contributed by atoms with van der Waals surface area (Å²) in [6.45, 7) is 1.63. The second kappa shape index (κ2) is 10.00. The number of hydrogen-bond acceptors (Lipinski definition) is 4. The molecule has 3 unspecified atom stereocenters. The van der Waals surface area contributed by atoms with Gasteiger partial charge in [-0.15, -0.1) is 12.4 Å². The van der Waals surface area contributed by atoms with Crippen molar-refractivity contribution in [1.82, 2.24) is 10.6 Å². The molecule has 1 heterocycles. The van der Waals surface area contributed by atoms with Gasteiger partial charge in [0.25, 0.3) is 0 Å². The third-order valence-corrected chi connectivity index (χ3v) is 5.10. The number of amides is 1. The summed E-state index contributed by atoms with van der Waals surface area (Å²) in [4.78, 5) is 12.4. The van der Waals surface area contributed by atoms with Crippen LogP contribution in [0.1, 0.15) is 37.7 Å².